The Labute approximate surface area is 216 Å². The molecule has 37 heavy (non-hydrogen) atoms. The van der Waals surface area contributed by atoms with E-state index in [0.717, 1.165) is 23.5 Å². The minimum absolute atomic E-state index is 0.0650. The largest absolute Gasteiger partial charge is 0.309 e. The van der Waals surface area contributed by atoms with Crippen LogP contribution in [0.5, 0.6) is 0 Å². The minimum atomic E-state index is 0.0650. The van der Waals surface area contributed by atoms with Gasteiger partial charge in [-0.15, -0.1) is 0 Å². The van der Waals surface area contributed by atoms with Crippen molar-refractivity contribution < 1.29 is 0 Å². The molecule has 0 bridgehead atoms. The quantitative estimate of drug-likeness (QED) is 0.253. The van der Waals surface area contributed by atoms with Crippen molar-refractivity contribution in [3.63, 3.8) is 0 Å². The number of para-hydroxylation sites is 2. The molecule has 0 spiro atoms. The maximum Gasteiger partial charge on any atom is 0.0881 e. The van der Waals surface area contributed by atoms with Crippen LogP contribution in [0.15, 0.2) is 139 Å². The number of hydrogen-bond acceptors (Lipinski definition) is 2. The van der Waals surface area contributed by atoms with Crippen molar-refractivity contribution in [3.05, 3.63) is 150 Å². The highest BCUT2D eigenvalue weighted by atomic mass is 15.0. The van der Waals surface area contributed by atoms with Crippen LogP contribution >= 0.6 is 0 Å². The van der Waals surface area contributed by atoms with Crippen molar-refractivity contribution in [2.24, 2.45) is 4.99 Å². The van der Waals surface area contributed by atoms with Crippen LogP contribution < -0.4 is 0 Å². The number of dihydropyridines is 1. The van der Waals surface area contributed by atoms with Crippen LogP contribution in [0.2, 0.25) is 0 Å². The Morgan fingerprint density at radius 1 is 0.622 bits per heavy atom. The molecule has 1 atom stereocenters. The lowest BCUT2D eigenvalue weighted by Gasteiger charge is -2.22. The lowest BCUT2D eigenvalue weighted by molar-refractivity contribution is 0.747. The van der Waals surface area contributed by atoms with Gasteiger partial charge in [-0.3, -0.25) is 9.98 Å². The van der Waals surface area contributed by atoms with Gasteiger partial charge in [-0.25, -0.2) is 0 Å². The van der Waals surface area contributed by atoms with Crippen molar-refractivity contribution in [3.8, 4) is 5.69 Å². The summed E-state index contributed by atoms with van der Waals surface area (Å²) in [6, 6.07) is 42.8. The summed E-state index contributed by atoms with van der Waals surface area (Å²) in [5.41, 5.74) is 9.17. The van der Waals surface area contributed by atoms with Gasteiger partial charge < -0.3 is 4.57 Å². The van der Waals surface area contributed by atoms with Crippen molar-refractivity contribution in [1.29, 1.82) is 0 Å². The normalized spacial score (nSPS) is 15.5. The molecule has 0 saturated heterocycles. The van der Waals surface area contributed by atoms with Crippen molar-refractivity contribution >= 4 is 33.1 Å². The average molecular weight is 476 g/mol. The number of benzene rings is 4. The maximum absolute atomic E-state index is 5.10. The summed E-state index contributed by atoms with van der Waals surface area (Å²) >= 11 is 0. The summed E-state index contributed by atoms with van der Waals surface area (Å²) in [5, 5.41) is 2.55. The topological polar surface area (TPSA) is 30.2 Å². The first-order valence-corrected chi connectivity index (χ1v) is 12.7. The van der Waals surface area contributed by atoms with Gasteiger partial charge in [0.15, 0.2) is 0 Å². The van der Waals surface area contributed by atoms with E-state index < -0.39 is 0 Å². The summed E-state index contributed by atoms with van der Waals surface area (Å²) in [6.45, 7) is 0. The fourth-order valence-electron chi connectivity index (χ4n) is 5.43. The van der Waals surface area contributed by atoms with Gasteiger partial charge in [-0.05, 0) is 65.6 Å². The Morgan fingerprint density at radius 3 is 1.95 bits per heavy atom. The van der Waals surface area contributed by atoms with E-state index in [1.54, 1.807) is 0 Å². The highest BCUT2D eigenvalue weighted by Gasteiger charge is 2.21. The van der Waals surface area contributed by atoms with E-state index in [1.807, 2.05) is 24.4 Å². The third-order valence-corrected chi connectivity index (χ3v) is 7.21. The molecular formula is C34H25N3. The number of fused-ring (bicyclic) bond motifs is 3. The molecule has 2 aromatic heterocycles. The van der Waals surface area contributed by atoms with Crippen LogP contribution in [0.25, 0.3) is 33.1 Å². The molecule has 1 unspecified atom stereocenters. The number of nitrogens with zero attached hydrogens (tertiary/aromatic N) is 3. The molecule has 1 aliphatic heterocycles. The molecule has 176 valence electrons. The molecule has 0 radical (unpaired) electrons. The Kier molecular flexibility index (Phi) is 5.25. The molecule has 3 heterocycles. The summed E-state index contributed by atoms with van der Waals surface area (Å²) in [5.74, 6) is 0. The molecule has 3 nitrogen and oxygen atoms in total. The predicted octanol–water partition coefficient (Wildman–Crippen LogP) is 8.20. The van der Waals surface area contributed by atoms with E-state index in [0.29, 0.717) is 0 Å². The summed E-state index contributed by atoms with van der Waals surface area (Å²) in [4.78, 5) is 9.68. The smallest absolute Gasteiger partial charge is 0.0881 e. The van der Waals surface area contributed by atoms with Crippen LogP contribution in [0.4, 0.5) is 0 Å². The summed E-state index contributed by atoms with van der Waals surface area (Å²) in [7, 11) is 0. The molecule has 0 saturated carbocycles. The second-order valence-electron chi connectivity index (χ2n) is 9.45. The Morgan fingerprint density at radius 2 is 1.27 bits per heavy atom. The number of aliphatic imine (C=N–C) groups is 1. The minimum Gasteiger partial charge on any atom is -0.309 e. The van der Waals surface area contributed by atoms with E-state index in [4.69, 9.17) is 4.99 Å². The van der Waals surface area contributed by atoms with E-state index in [1.165, 1.54) is 38.5 Å². The predicted molar refractivity (Wildman–Crippen MR) is 153 cm³/mol. The average Bonchev–Trinajstić information content (AvgIpc) is 3.32. The Balaban J connectivity index is 1.31. The van der Waals surface area contributed by atoms with Crippen LogP contribution in [0.1, 0.15) is 29.3 Å². The first kappa shape index (κ1) is 21.5. The van der Waals surface area contributed by atoms with Gasteiger partial charge in [0.05, 0.1) is 28.5 Å². The van der Waals surface area contributed by atoms with Gasteiger partial charge in [0.2, 0.25) is 0 Å². The highest BCUT2D eigenvalue weighted by molar-refractivity contribution is 6.12. The molecule has 3 heteroatoms. The van der Waals surface area contributed by atoms with Gasteiger partial charge in [0.1, 0.15) is 0 Å². The summed E-state index contributed by atoms with van der Waals surface area (Å²) in [6.07, 6.45) is 4.89. The number of pyridine rings is 1. The third kappa shape index (κ3) is 3.85. The lowest BCUT2D eigenvalue weighted by Crippen LogP contribution is -2.11. The van der Waals surface area contributed by atoms with Crippen LogP contribution in [-0.4, -0.2) is 15.3 Å². The zero-order valence-corrected chi connectivity index (χ0v) is 20.3. The zero-order chi connectivity index (χ0) is 24.6. The highest BCUT2D eigenvalue weighted by Crippen LogP contribution is 2.36. The maximum atomic E-state index is 5.10. The van der Waals surface area contributed by atoms with Crippen LogP contribution in [0, 0.1) is 0 Å². The van der Waals surface area contributed by atoms with Gasteiger partial charge in [-0.2, -0.15) is 0 Å². The molecular weight excluding hydrogens is 450 g/mol. The van der Waals surface area contributed by atoms with Gasteiger partial charge in [0, 0.05) is 22.7 Å². The molecule has 0 aliphatic carbocycles. The van der Waals surface area contributed by atoms with Gasteiger partial charge >= 0.3 is 0 Å². The second-order valence-corrected chi connectivity index (χ2v) is 9.45. The number of aromatic nitrogens is 2. The lowest BCUT2D eigenvalue weighted by atomic mass is 9.90. The van der Waals surface area contributed by atoms with Crippen molar-refractivity contribution in [2.75, 3.05) is 0 Å². The molecule has 7 rings (SSSR count). The number of allylic oxidation sites excluding steroid dienone is 1. The standard InChI is InChI=1S/C34H25N3/c1-2-10-25(11-3-1)31-22-26(23-32(36-31)30-14-8-9-21-35-30)24-17-19-27(20-18-24)37-33-15-6-4-12-28(33)29-13-5-7-16-34(29)37/h1-21,23,31H,22H2. The van der Waals surface area contributed by atoms with E-state index in [2.05, 4.69) is 119 Å². The number of rotatable bonds is 4. The van der Waals surface area contributed by atoms with E-state index in [9.17, 15) is 0 Å². The molecule has 0 N–H and O–H groups in total. The first-order chi connectivity index (χ1) is 18.3. The van der Waals surface area contributed by atoms with Crippen LogP contribution in [0.3, 0.4) is 0 Å². The molecule has 1 aliphatic rings. The van der Waals surface area contributed by atoms with E-state index >= 15 is 0 Å². The van der Waals surface area contributed by atoms with Gasteiger partial charge in [0.25, 0.3) is 0 Å². The zero-order valence-electron chi connectivity index (χ0n) is 20.3. The summed E-state index contributed by atoms with van der Waals surface area (Å²) < 4.78 is 2.36. The first-order valence-electron chi connectivity index (χ1n) is 12.7. The van der Waals surface area contributed by atoms with Crippen molar-refractivity contribution in [1.82, 2.24) is 9.55 Å². The Bertz CT molecular complexity index is 1720. The SMILES string of the molecule is C1=C(c2ccc(-n3c4ccccc4c4ccccc43)cc2)CC(c2ccccc2)N=C1c1ccccn1. The molecule has 6 aromatic rings. The molecule has 4 aromatic carbocycles. The number of hydrogen-bond donors (Lipinski definition) is 0. The third-order valence-electron chi connectivity index (χ3n) is 7.21. The van der Waals surface area contributed by atoms with Gasteiger partial charge in [-0.1, -0.05) is 84.9 Å². The fourth-order valence-corrected chi connectivity index (χ4v) is 5.43. The molecule has 0 fully saturated rings. The fraction of sp³-hybridized carbons (Fsp3) is 0.0588. The molecule has 0 amide bonds. The Hall–Kier alpha value is -4.76. The van der Waals surface area contributed by atoms with Crippen molar-refractivity contribution in [2.45, 2.75) is 12.5 Å². The second kappa shape index (κ2) is 9.03. The van der Waals surface area contributed by atoms with Crippen LogP contribution in [-0.2, 0) is 0 Å². The monoisotopic (exact) mass is 475 g/mol. The van der Waals surface area contributed by atoms with E-state index in [-0.39, 0.29) is 6.04 Å².